The molecule has 0 bridgehead atoms. The number of rotatable bonds is 4. The van der Waals surface area contributed by atoms with Gasteiger partial charge in [0.15, 0.2) is 0 Å². The van der Waals surface area contributed by atoms with Gasteiger partial charge in [-0.05, 0) is 12.1 Å². The van der Waals surface area contributed by atoms with Crippen LogP contribution in [0.2, 0.25) is 0 Å². The molecule has 0 heterocycles. The van der Waals surface area contributed by atoms with Gasteiger partial charge in [-0.1, -0.05) is 6.07 Å². The molecule has 0 aliphatic carbocycles. The Hall–Kier alpha value is -1.94. The molecule has 1 aromatic carbocycles. The zero-order chi connectivity index (χ0) is 12.0. The lowest BCUT2D eigenvalue weighted by Crippen LogP contribution is -2.17. The molecule has 0 aliphatic rings. The highest BCUT2D eigenvalue weighted by molar-refractivity contribution is 5.45. The van der Waals surface area contributed by atoms with Crippen LogP contribution in [0.3, 0.4) is 0 Å². The lowest BCUT2D eigenvalue weighted by molar-refractivity contribution is -0.274. The van der Waals surface area contributed by atoms with Crippen molar-refractivity contribution in [3.05, 3.63) is 30.3 Å². The fourth-order valence-corrected chi connectivity index (χ4v) is 0.933. The summed E-state index contributed by atoms with van der Waals surface area (Å²) >= 11 is 0. The van der Waals surface area contributed by atoms with Gasteiger partial charge in [-0.3, -0.25) is 0 Å². The minimum Gasteiger partial charge on any atom is -0.489 e. The molecule has 0 saturated carbocycles. The van der Waals surface area contributed by atoms with Crippen molar-refractivity contribution in [2.75, 3.05) is 6.61 Å². The van der Waals surface area contributed by atoms with Crippen molar-refractivity contribution >= 4 is 5.94 Å². The molecule has 0 unspecified atom stereocenters. The van der Waals surface area contributed by atoms with E-state index in [9.17, 15) is 18.0 Å². The van der Waals surface area contributed by atoms with E-state index < -0.39 is 6.36 Å². The number of ether oxygens (including phenoxy) is 2. The maximum atomic E-state index is 11.9. The third-order valence-electron chi connectivity index (χ3n) is 1.46. The first-order chi connectivity index (χ1) is 7.51. The van der Waals surface area contributed by atoms with Gasteiger partial charge in [0.05, 0.1) is 0 Å². The predicted molar refractivity (Wildman–Crippen MR) is 48.9 cm³/mol. The number of halogens is 3. The van der Waals surface area contributed by atoms with Crippen LogP contribution in [0.4, 0.5) is 13.2 Å². The van der Waals surface area contributed by atoms with Crippen molar-refractivity contribution in [3.63, 3.8) is 0 Å². The fourth-order valence-electron chi connectivity index (χ4n) is 0.933. The van der Waals surface area contributed by atoms with Crippen LogP contribution < -0.4 is 9.47 Å². The Labute approximate surface area is 89.1 Å². The number of alkyl halides is 3. The highest BCUT2D eigenvalue weighted by Gasteiger charge is 2.31. The zero-order valence-electron chi connectivity index (χ0n) is 7.95. The van der Waals surface area contributed by atoms with E-state index in [2.05, 4.69) is 4.74 Å². The first-order valence-electron chi connectivity index (χ1n) is 4.19. The van der Waals surface area contributed by atoms with Gasteiger partial charge >= 0.3 is 6.36 Å². The summed E-state index contributed by atoms with van der Waals surface area (Å²) in [4.78, 5) is 9.82. The van der Waals surface area contributed by atoms with Crippen molar-refractivity contribution in [3.8, 4) is 11.5 Å². The Bertz CT molecular complexity index is 395. The normalized spacial score (nSPS) is 10.4. The summed E-state index contributed by atoms with van der Waals surface area (Å²) in [6.07, 6.45) is -3.67. The molecule has 0 atom stereocenters. The van der Waals surface area contributed by atoms with Crippen molar-refractivity contribution in [1.29, 1.82) is 0 Å². The summed E-state index contributed by atoms with van der Waals surface area (Å²) < 4.78 is 44.2. The second-order valence-corrected chi connectivity index (χ2v) is 2.66. The molecule has 0 radical (unpaired) electrons. The largest absolute Gasteiger partial charge is 0.573 e. The van der Waals surface area contributed by atoms with E-state index in [0.717, 1.165) is 18.2 Å². The van der Waals surface area contributed by atoms with E-state index in [1.807, 2.05) is 0 Å². The third-order valence-corrected chi connectivity index (χ3v) is 1.46. The van der Waals surface area contributed by atoms with Gasteiger partial charge in [0.2, 0.25) is 0 Å². The van der Waals surface area contributed by atoms with Gasteiger partial charge in [-0.2, -0.15) is 0 Å². The molecule has 1 aromatic rings. The second-order valence-electron chi connectivity index (χ2n) is 2.66. The Morgan fingerprint density at radius 3 is 2.62 bits per heavy atom. The van der Waals surface area contributed by atoms with Crippen molar-refractivity contribution in [1.82, 2.24) is 0 Å². The van der Waals surface area contributed by atoms with Gasteiger partial charge in [0.25, 0.3) is 0 Å². The van der Waals surface area contributed by atoms with Crippen LogP contribution in [0.15, 0.2) is 30.3 Å². The van der Waals surface area contributed by atoms with Crippen LogP contribution in [-0.4, -0.2) is 18.9 Å². The SMILES string of the molecule is O=C=CCOc1cccc(OC(F)(F)F)c1. The monoisotopic (exact) mass is 232 g/mol. The molecule has 0 amide bonds. The average molecular weight is 232 g/mol. The van der Waals surface area contributed by atoms with Gasteiger partial charge in [0.1, 0.15) is 24.0 Å². The first-order valence-corrected chi connectivity index (χ1v) is 4.19. The van der Waals surface area contributed by atoms with Crippen LogP contribution in [0.1, 0.15) is 0 Å². The average Bonchev–Trinajstić information content (AvgIpc) is 2.16. The first kappa shape index (κ1) is 12.1. The van der Waals surface area contributed by atoms with E-state index in [4.69, 9.17) is 4.74 Å². The summed E-state index contributed by atoms with van der Waals surface area (Å²) in [5, 5.41) is 0. The molecule has 0 spiro atoms. The molecule has 86 valence electrons. The standard InChI is InChI=1S/C10H7F3O3/c11-10(12,13)16-9-4-1-3-8(7-9)15-6-2-5-14/h1-4,7H,6H2. The zero-order valence-corrected chi connectivity index (χ0v) is 7.95. The summed E-state index contributed by atoms with van der Waals surface area (Å²) in [7, 11) is 0. The van der Waals surface area contributed by atoms with Crippen molar-refractivity contribution in [2.24, 2.45) is 0 Å². The number of carbonyl (C=O) groups excluding carboxylic acids is 1. The van der Waals surface area contributed by atoms with Crippen LogP contribution in [0.5, 0.6) is 11.5 Å². The van der Waals surface area contributed by atoms with E-state index in [-0.39, 0.29) is 18.1 Å². The topological polar surface area (TPSA) is 35.5 Å². The maximum Gasteiger partial charge on any atom is 0.573 e. The highest BCUT2D eigenvalue weighted by atomic mass is 19.4. The Morgan fingerprint density at radius 2 is 2.00 bits per heavy atom. The van der Waals surface area contributed by atoms with Crippen LogP contribution in [0.25, 0.3) is 0 Å². The van der Waals surface area contributed by atoms with Gasteiger partial charge < -0.3 is 9.47 Å². The minimum atomic E-state index is -4.73. The highest BCUT2D eigenvalue weighted by Crippen LogP contribution is 2.25. The lowest BCUT2D eigenvalue weighted by Gasteiger charge is -2.09. The predicted octanol–water partition coefficient (Wildman–Crippen LogP) is 2.35. The third kappa shape index (κ3) is 4.52. The second kappa shape index (κ2) is 5.23. The van der Waals surface area contributed by atoms with Crippen molar-refractivity contribution < 1.29 is 27.4 Å². The molecule has 0 aliphatic heterocycles. The number of benzene rings is 1. The molecule has 0 saturated heterocycles. The van der Waals surface area contributed by atoms with Crippen molar-refractivity contribution in [2.45, 2.75) is 6.36 Å². The van der Waals surface area contributed by atoms with E-state index in [1.54, 1.807) is 0 Å². The molecular formula is C10H7F3O3. The lowest BCUT2D eigenvalue weighted by atomic mass is 10.3. The van der Waals surface area contributed by atoms with Gasteiger partial charge in [-0.25, -0.2) is 4.79 Å². The Balaban J connectivity index is 2.67. The Kier molecular flexibility index (Phi) is 3.96. The molecule has 3 nitrogen and oxygen atoms in total. The Morgan fingerprint density at radius 1 is 1.31 bits per heavy atom. The minimum absolute atomic E-state index is 0.0566. The molecule has 0 fully saturated rings. The summed E-state index contributed by atoms with van der Waals surface area (Å²) in [6, 6.07) is 5.02. The number of hydrogen-bond donors (Lipinski definition) is 0. The summed E-state index contributed by atoms with van der Waals surface area (Å²) in [5.41, 5.74) is 0. The van der Waals surface area contributed by atoms with E-state index >= 15 is 0 Å². The maximum absolute atomic E-state index is 11.9. The molecule has 0 aromatic heterocycles. The van der Waals surface area contributed by atoms with Crippen LogP contribution in [-0.2, 0) is 4.79 Å². The molecule has 0 N–H and O–H groups in total. The van der Waals surface area contributed by atoms with E-state index in [1.165, 1.54) is 18.1 Å². The summed E-state index contributed by atoms with van der Waals surface area (Å²) in [6.45, 7) is -0.0566. The molecular weight excluding hydrogens is 225 g/mol. The summed E-state index contributed by atoms with van der Waals surface area (Å²) in [5.74, 6) is 1.28. The van der Waals surface area contributed by atoms with Gasteiger partial charge in [-0.15, -0.1) is 13.2 Å². The van der Waals surface area contributed by atoms with Gasteiger partial charge in [0, 0.05) is 12.1 Å². The van der Waals surface area contributed by atoms with E-state index in [0.29, 0.717) is 0 Å². The fraction of sp³-hybridized carbons (Fsp3) is 0.200. The van der Waals surface area contributed by atoms with Crippen LogP contribution >= 0.6 is 0 Å². The molecule has 1 rings (SSSR count). The smallest absolute Gasteiger partial charge is 0.489 e. The molecule has 6 heteroatoms. The number of hydrogen-bond acceptors (Lipinski definition) is 3. The quantitative estimate of drug-likeness (QED) is 0.747. The molecule has 16 heavy (non-hydrogen) atoms. The van der Waals surface area contributed by atoms with Crippen LogP contribution in [0, 0.1) is 0 Å².